The van der Waals surface area contributed by atoms with E-state index >= 15 is 0 Å². The Kier molecular flexibility index (Phi) is 5.04. The molecule has 0 spiro atoms. The van der Waals surface area contributed by atoms with Crippen molar-refractivity contribution in [2.24, 2.45) is 0 Å². The minimum absolute atomic E-state index is 0.258. The Balaban J connectivity index is 2.41. The van der Waals surface area contributed by atoms with E-state index in [-0.39, 0.29) is 5.97 Å². The van der Waals surface area contributed by atoms with Gasteiger partial charge in [-0.1, -0.05) is 0 Å². The minimum atomic E-state index is -0.258. The SMILES string of the molecule is CCOc1cc(NCCC(=O)OC)ncn1. The highest BCUT2D eigenvalue weighted by Gasteiger charge is 2.01. The molecule has 0 aliphatic heterocycles. The number of nitrogens with one attached hydrogen (secondary N) is 1. The van der Waals surface area contributed by atoms with Crippen molar-refractivity contribution in [3.8, 4) is 5.88 Å². The van der Waals surface area contributed by atoms with E-state index in [0.717, 1.165) is 0 Å². The molecule has 0 radical (unpaired) electrons. The van der Waals surface area contributed by atoms with Crippen LogP contribution < -0.4 is 10.1 Å². The van der Waals surface area contributed by atoms with Crippen molar-refractivity contribution < 1.29 is 14.3 Å². The van der Waals surface area contributed by atoms with Crippen LogP contribution in [0.3, 0.4) is 0 Å². The molecular formula is C10H15N3O3. The van der Waals surface area contributed by atoms with Gasteiger partial charge in [-0.3, -0.25) is 4.79 Å². The molecule has 0 fully saturated rings. The molecule has 1 N–H and O–H groups in total. The predicted molar refractivity (Wildman–Crippen MR) is 58.3 cm³/mol. The zero-order valence-corrected chi connectivity index (χ0v) is 9.40. The van der Waals surface area contributed by atoms with Gasteiger partial charge in [-0.2, -0.15) is 0 Å². The summed E-state index contributed by atoms with van der Waals surface area (Å²) in [7, 11) is 1.36. The first-order chi connectivity index (χ1) is 7.76. The summed E-state index contributed by atoms with van der Waals surface area (Å²) in [6.07, 6.45) is 1.70. The maximum atomic E-state index is 10.9. The fourth-order valence-corrected chi connectivity index (χ4v) is 1.06. The van der Waals surface area contributed by atoms with E-state index in [1.165, 1.54) is 13.4 Å². The van der Waals surface area contributed by atoms with Gasteiger partial charge in [0, 0.05) is 12.6 Å². The summed E-state index contributed by atoms with van der Waals surface area (Å²) in [6, 6.07) is 1.68. The molecular weight excluding hydrogens is 210 g/mol. The van der Waals surface area contributed by atoms with Gasteiger partial charge in [0.25, 0.3) is 0 Å². The number of carbonyl (C=O) groups is 1. The molecule has 0 saturated heterocycles. The lowest BCUT2D eigenvalue weighted by Crippen LogP contribution is -2.10. The standard InChI is InChI=1S/C10H15N3O3/c1-3-16-9-6-8(12-7-13-9)11-5-4-10(14)15-2/h6-7H,3-5H2,1-2H3,(H,11,12,13). The van der Waals surface area contributed by atoms with Gasteiger partial charge in [-0.25, -0.2) is 9.97 Å². The van der Waals surface area contributed by atoms with Crippen LogP contribution in [-0.4, -0.2) is 36.2 Å². The van der Waals surface area contributed by atoms with Crippen molar-refractivity contribution in [1.29, 1.82) is 0 Å². The van der Waals surface area contributed by atoms with Crippen LogP contribution in [0.1, 0.15) is 13.3 Å². The molecule has 0 unspecified atom stereocenters. The normalized spacial score (nSPS) is 9.62. The lowest BCUT2D eigenvalue weighted by atomic mass is 10.4. The molecule has 0 atom stereocenters. The number of carbonyl (C=O) groups excluding carboxylic acids is 1. The average Bonchev–Trinajstić information content (AvgIpc) is 2.30. The molecule has 6 nitrogen and oxygen atoms in total. The lowest BCUT2D eigenvalue weighted by Gasteiger charge is -2.06. The van der Waals surface area contributed by atoms with E-state index in [4.69, 9.17) is 4.74 Å². The average molecular weight is 225 g/mol. The van der Waals surface area contributed by atoms with Crippen molar-refractivity contribution in [2.45, 2.75) is 13.3 Å². The van der Waals surface area contributed by atoms with E-state index in [1.807, 2.05) is 6.92 Å². The Morgan fingerprint density at radius 1 is 1.50 bits per heavy atom. The Morgan fingerprint density at radius 2 is 2.31 bits per heavy atom. The van der Waals surface area contributed by atoms with Gasteiger partial charge < -0.3 is 14.8 Å². The molecule has 1 rings (SSSR count). The van der Waals surface area contributed by atoms with Gasteiger partial charge in [-0.15, -0.1) is 0 Å². The van der Waals surface area contributed by atoms with E-state index in [2.05, 4.69) is 20.0 Å². The smallest absolute Gasteiger partial charge is 0.307 e. The van der Waals surface area contributed by atoms with E-state index in [9.17, 15) is 4.79 Å². The topological polar surface area (TPSA) is 73.3 Å². The Bertz CT molecular complexity index is 344. The molecule has 16 heavy (non-hydrogen) atoms. The quantitative estimate of drug-likeness (QED) is 0.723. The van der Waals surface area contributed by atoms with E-state index in [1.54, 1.807) is 6.07 Å². The minimum Gasteiger partial charge on any atom is -0.478 e. The third-order valence-electron chi connectivity index (χ3n) is 1.80. The molecule has 88 valence electrons. The van der Waals surface area contributed by atoms with E-state index < -0.39 is 0 Å². The van der Waals surface area contributed by atoms with Gasteiger partial charge in [0.2, 0.25) is 5.88 Å². The van der Waals surface area contributed by atoms with Crippen molar-refractivity contribution in [1.82, 2.24) is 9.97 Å². The Hall–Kier alpha value is -1.85. The Morgan fingerprint density at radius 3 is 3.00 bits per heavy atom. The Labute approximate surface area is 94.0 Å². The molecule has 0 bridgehead atoms. The van der Waals surface area contributed by atoms with Crippen molar-refractivity contribution in [3.63, 3.8) is 0 Å². The number of methoxy groups -OCH3 is 1. The van der Waals surface area contributed by atoms with Crippen molar-refractivity contribution >= 4 is 11.8 Å². The van der Waals surface area contributed by atoms with Crippen LogP contribution in [-0.2, 0) is 9.53 Å². The van der Waals surface area contributed by atoms with Crippen LogP contribution in [0.5, 0.6) is 5.88 Å². The molecule has 0 amide bonds. The van der Waals surface area contributed by atoms with Crippen molar-refractivity contribution in [3.05, 3.63) is 12.4 Å². The fraction of sp³-hybridized carbons (Fsp3) is 0.500. The number of rotatable bonds is 6. The molecule has 0 aliphatic rings. The van der Waals surface area contributed by atoms with Crippen LogP contribution in [0.25, 0.3) is 0 Å². The second-order valence-electron chi connectivity index (χ2n) is 2.93. The van der Waals surface area contributed by atoms with Crippen molar-refractivity contribution in [2.75, 3.05) is 25.6 Å². The number of nitrogens with zero attached hydrogens (tertiary/aromatic N) is 2. The van der Waals surface area contributed by atoms with E-state index in [0.29, 0.717) is 31.3 Å². The van der Waals surface area contributed by atoms with Crippen LogP contribution in [0.4, 0.5) is 5.82 Å². The summed E-state index contributed by atoms with van der Waals surface area (Å²) in [5.74, 6) is 0.881. The second kappa shape index (κ2) is 6.60. The third kappa shape index (κ3) is 4.12. The first-order valence-electron chi connectivity index (χ1n) is 5.01. The summed E-state index contributed by atoms with van der Waals surface area (Å²) >= 11 is 0. The third-order valence-corrected chi connectivity index (χ3v) is 1.80. The summed E-state index contributed by atoms with van der Waals surface area (Å²) in [4.78, 5) is 18.8. The maximum Gasteiger partial charge on any atom is 0.307 e. The molecule has 0 aliphatic carbocycles. The number of aromatic nitrogens is 2. The predicted octanol–water partition coefficient (Wildman–Crippen LogP) is 0.850. The van der Waals surface area contributed by atoms with Gasteiger partial charge in [0.05, 0.1) is 20.1 Å². The van der Waals surface area contributed by atoms with Crippen LogP contribution in [0, 0.1) is 0 Å². The molecule has 1 aromatic heterocycles. The zero-order chi connectivity index (χ0) is 11.8. The molecule has 0 aromatic carbocycles. The van der Waals surface area contributed by atoms with Gasteiger partial charge in [0.1, 0.15) is 12.1 Å². The van der Waals surface area contributed by atoms with Crippen LogP contribution >= 0.6 is 0 Å². The molecule has 1 aromatic rings. The van der Waals surface area contributed by atoms with Crippen LogP contribution in [0.2, 0.25) is 0 Å². The highest BCUT2D eigenvalue weighted by Crippen LogP contribution is 2.10. The highest BCUT2D eigenvalue weighted by molar-refractivity contribution is 5.69. The summed E-state index contributed by atoms with van der Waals surface area (Å²) in [5, 5.41) is 2.98. The van der Waals surface area contributed by atoms with Gasteiger partial charge >= 0.3 is 5.97 Å². The molecule has 6 heteroatoms. The number of anilines is 1. The number of ether oxygens (including phenoxy) is 2. The number of hydrogen-bond donors (Lipinski definition) is 1. The zero-order valence-electron chi connectivity index (χ0n) is 9.40. The van der Waals surface area contributed by atoms with Crippen LogP contribution in [0.15, 0.2) is 12.4 Å². The monoisotopic (exact) mass is 225 g/mol. The largest absolute Gasteiger partial charge is 0.478 e. The maximum absolute atomic E-state index is 10.9. The lowest BCUT2D eigenvalue weighted by molar-refractivity contribution is -0.140. The second-order valence-corrected chi connectivity index (χ2v) is 2.93. The summed E-state index contributed by atoms with van der Waals surface area (Å²) in [5.41, 5.74) is 0. The summed E-state index contributed by atoms with van der Waals surface area (Å²) in [6.45, 7) is 2.90. The summed E-state index contributed by atoms with van der Waals surface area (Å²) < 4.78 is 9.73. The van der Waals surface area contributed by atoms with Gasteiger partial charge in [-0.05, 0) is 6.92 Å². The number of esters is 1. The first-order valence-corrected chi connectivity index (χ1v) is 5.01. The highest BCUT2D eigenvalue weighted by atomic mass is 16.5. The molecule has 0 saturated carbocycles. The number of hydrogen-bond acceptors (Lipinski definition) is 6. The first kappa shape index (κ1) is 12.2. The fourth-order valence-electron chi connectivity index (χ4n) is 1.06. The molecule has 1 heterocycles. The van der Waals surface area contributed by atoms with Gasteiger partial charge in [0.15, 0.2) is 0 Å².